The molecule has 1 unspecified atom stereocenters. The number of carbonyl (C=O) groups is 2. The normalized spacial score (nSPS) is 11.8. The first-order valence-corrected chi connectivity index (χ1v) is 11.5. The van der Waals surface area contributed by atoms with Crippen LogP contribution in [-0.4, -0.2) is 41.6 Å². The van der Waals surface area contributed by atoms with Gasteiger partial charge in [0.2, 0.25) is 5.43 Å². The van der Waals surface area contributed by atoms with E-state index >= 15 is 0 Å². The van der Waals surface area contributed by atoms with Gasteiger partial charge in [-0.25, -0.2) is 4.79 Å². The van der Waals surface area contributed by atoms with E-state index in [0.29, 0.717) is 50.8 Å². The van der Waals surface area contributed by atoms with Gasteiger partial charge in [-0.15, -0.1) is 0 Å². The molecule has 0 radical (unpaired) electrons. The summed E-state index contributed by atoms with van der Waals surface area (Å²) in [6.07, 6.45) is 2.18. The van der Waals surface area contributed by atoms with Crippen molar-refractivity contribution in [1.82, 2.24) is 5.32 Å². The fraction of sp³-hybridized carbons (Fsp3) is 0.261. The van der Waals surface area contributed by atoms with Crippen molar-refractivity contribution in [2.24, 2.45) is 0 Å². The SMILES string of the molecule is CSCCC(NC(=O)COc1ccc2c(=O)c(-c3ccc(Cl)cc3)c(C)oc2c1)C(=O)O. The van der Waals surface area contributed by atoms with E-state index in [4.69, 9.17) is 20.8 Å². The lowest BCUT2D eigenvalue weighted by Gasteiger charge is -2.14. The van der Waals surface area contributed by atoms with E-state index in [9.17, 15) is 19.5 Å². The minimum Gasteiger partial charge on any atom is -0.484 e. The van der Waals surface area contributed by atoms with E-state index in [0.717, 1.165) is 0 Å². The Bertz CT molecular complexity index is 1190. The molecule has 0 saturated heterocycles. The number of ether oxygens (including phenoxy) is 1. The van der Waals surface area contributed by atoms with Gasteiger partial charge in [-0.05, 0) is 55.2 Å². The lowest BCUT2D eigenvalue weighted by atomic mass is 10.0. The molecule has 1 amide bonds. The summed E-state index contributed by atoms with van der Waals surface area (Å²) in [5, 5.41) is 12.6. The highest BCUT2D eigenvalue weighted by Gasteiger charge is 2.20. The number of carboxylic acids is 1. The third-order valence-corrected chi connectivity index (χ3v) is 5.68. The van der Waals surface area contributed by atoms with Crippen molar-refractivity contribution >= 4 is 46.2 Å². The molecule has 0 saturated carbocycles. The van der Waals surface area contributed by atoms with Crippen molar-refractivity contribution in [1.29, 1.82) is 0 Å². The van der Waals surface area contributed by atoms with Gasteiger partial charge >= 0.3 is 5.97 Å². The molecule has 32 heavy (non-hydrogen) atoms. The van der Waals surface area contributed by atoms with Crippen LogP contribution >= 0.6 is 23.4 Å². The van der Waals surface area contributed by atoms with E-state index in [1.54, 1.807) is 43.3 Å². The summed E-state index contributed by atoms with van der Waals surface area (Å²) in [4.78, 5) is 36.4. The fourth-order valence-corrected chi connectivity index (χ4v) is 3.80. The Balaban J connectivity index is 1.76. The van der Waals surface area contributed by atoms with E-state index in [1.165, 1.54) is 17.8 Å². The second-order valence-corrected chi connectivity index (χ2v) is 8.48. The van der Waals surface area contributed by atoms with Gasteiger partial charge in [0.05, 0.1) is 10.9 Å². The molecule has 9 heteroatoms. The van der Waals surface area contributed by atoms with E-state index in [1.807, 2.05) is 6.26 Å². The third-order valence-electron chi connectivity index (χ3n) is 4.79. The molecule has 0 bridgehead atoms. The summed E-state index contributed by atoms with van der Waals surface area (Å²) in [6, 6.07) is 10.6. The highest BCUT2D eigenvalue weighted by molar-refractivity contribution is 7.98. The molecule has 1 heterocycles. The van der Waals surface area contributed by atoms with Gasteiger partial charge in [0.1, 0.15) is 23.1 Å². The molecule has 1 aromatic heterocycles. The summed E-state index contributed by atoms with van der Waals surface area (Å²) in [5.41, 5.74) is 1.29. The maximum atomic E-state index is 13.0. The van der Waals surface area contributed by atoms with Gasteiger partial charge in [-0.3, -0.25) is 9.59 Å². The topological polar surface area (TPSA) is 106 Å². The summed E-state index contributed by atoms with van der Waals surface area (Å²) < 4.78 is 11.3. The number of rotatable bonds is 9. The van der Waals surface area contributed by atoms with Crippen molar-refractivity contribution in [3.63, 3.8) is 0 Å². The number of amides is 1. The van der Waals surface area contributed by atoms with Crippen LogP contribution < -0.4 is 15.5 Å². The minimum atomic E-state index is -1.09. The lowest BCUT2D eigenvalue weighted by Crippen LogP contribution is -2.43. The molecule has 2 aromatic carbocycles. The first-order valence-electron chi connectivity index (χ1n) is 9.77. The smallest absolute Gasteiger partial charge is 0.326 e. The fourth-order valence-electron chi connectivity index (χ4n) is 3.20. The van der Waals surface area contributed by atoms with Crippen LogP contribution in [-0.2, 0) is 9.59 Å². The molecule has 0 fully saturated rings. The van der Waals surface area contributed by atoms with Crippen molar-refractivity contribution in [2.45, 2.75) is 19.4 Å². The van der Waals surface area contributed by atoms with Gasteiger partial charge in [0.15, 0.2) is 6.61 Å². The van der Waals surface area contributed by atoms with E-state index in [2.05, 4.69) is 5.32 Å². The molecule has 1 atom stereocenters. The van der Waals surface area contributed by atoms with Crippen molar-refractivity contribution in [2.75, 3.05) is 18.6 Å². The Hall–Kier alpha value is -2.97. The monoisotopic (exact) mass is 475 g/mol. The Kier molecular flexibility index (Phi) is 7.82. The van der Waals surface area contributed by atoms with Crippen LogP contribution in [0.2, 0.25) is 5.02 Å². The van der Waals surface area contributed by atoms with Crippen molar-refractivity contribution in [3.8, 4) is 16.9 Å². The van der Waals surface area contributed by atoms with Gasteiger partial charge in [0.25, 0.3) is 5.91 Å². The second-order valence-electron chi connectivity index (χ2n) is 7.06. The Morgan fingerprint density at radius 2 is 1.94 bits per heavy atom. The number of aryl methyl sites for hydroxylation is 1. The average molecular weight is 476 g/mol. The first-order chi connectivity index (χ1) is 15.3. The zero-order valence-electron chi connectivity index (χ0n) is 17.5. The van der Waals surface area contributed by atoms with Crippen LogP contribution in [0.5, 0.6) is 5.75 Å². The number of halogens is 1. The number of thioether (sulfide) groups is 1. The molecule has 3 rings (SSSR count). The van der Waals surface area contributed by atoms with Crippen molar-refractivity contribution < 1.29 is 23.8 Å². The largest absolute Gasteiger partial charge is 0.484 e. The first kappa shape index (κ1) is 23.7. The quantitative estimate of drug-likeness (QED) is 0.479. The molecule has 0 spiro atoms. The zero-order chi connectivity index (χ0) is 23.3. The predicted octanol–water partition coefficient (Wildman–Crippen LogP) is 4.12. The van der Waals surface area contributed by atoms with Crippen LogP contribution in [0, 0.1) is 6.92 Å². The molecule has 3 aromatic rings. The van der Waals surface area contributed by atoms with E-state index in [-0.39, 0.29) is 12.0 Å². The Labute approximate surface area is 193 Å². The minimum absolute atomic E-state index is 0.187. The molecular formula is C23H22ClNO6S. The highest BCUT2D eigenvalue weighted by atomic mass is 35.5. The molecule has 7 nitrogen and oxygen atoms in total. The van der Waals surface area contributed by atoms with Crippen molar-refractivity contribution in [3.05, 3.63) is 63.5 Å². The van der Waals surface area contributed by atoms with Crippen LogP contribution in [0.1, 0.15) is 12.2 Å². The summed E-state index contributed by atoms with van der Waals surface area (Å²) in [5.74, 6) is -0.261. The zero-order valence-corrected chi connectivity index (χ0v) is 19.1. The number of aliphatic carboxylic acids is 1. The number of fused-ring (bicyclic) bond motifs is 1. The van der Waals surface area contributed by atoms with Crippen LogP contribution in [0.4, 0.5) is 0 Å². The van der Waals surface area contributed by atoms with E-state index < -0.39 is 17.9 Å². The summed E-state index contributed by atoms with van der Waals surface area (Å²) >= 11 is 7.44. The van der Waals surface area contributed by atoms with Crippen LogP contribution in [0.15, 0.2) is 51.7 Å². The number of carbonyl (C=O) groups excluding carboxylic acids is 1. The number of benzene rings is 2. The lowest BCUT2D eigenvalue weighted by molar-refractivity contribution is -0.142. The predicted molar refractivity (Wildman–Crippen MR) is 126 cm³/mol. The number of hydrogen-bond acceptors (Lipinski definition) is 6. The summed E-state index contributed by atoms with van der Waals surface area (Å²) in [6.45, 7) is 1.34. The molecule has 168 valence electrons. The second kappa shape index (κ2) is 10.6. The molecular weight excluding hydrogens is 454 g/mol. The maximum Gasteiger partial charge on any atom is 0.326 e. The third kappa shape index (κ3) is 5.63. The molecule has 0 aliphatic carbocycles. The van der Waals surface area contributed by atoms with Gasteiger partial charge in [0, 0.05) is 11.1 Å². The molecule has 0 aliphatic rings. The maximum absolute atomic E-state index is 13.0. The van der Waals surface area contributed by atoms with Gasteiger partial charge in [-0.2, -0.15) is 11.8 Å². The Morgan fingerprint density at radius 3 is 2.59 bits per heavy atom. The molecule has 0 aliphatic heterocycles. The van der Waals surface area contributed by atoms with Crippen LogP contribution in [0.25, 0.3) is 22.1 Å². The number of nitrogens with one attached hydrogen (secondary N) is 1. The highest BCUT2D eigenvalue weighted by Crippen LogP contribution is 2.27. The summed E-state index contributed by atoms with van der Waals surface area (Å²) in [7, 11) is 0. The number of carboxylic acid groups (broad SMARTS) is 1. The average Bonchev–Trinajstić information content (AvgIpc) is 2.76. The number of hydrogen-bond donors (Lipinski definition) is 2. The van der Waals surface area contributed by atoms with Gasteiger partial charge < -0.3 is 19.6 Å². The molecule has 2 N–H and O–H groups in total. The standard InChI is InChI=1S/C23H22ClNO6S/c1-13-21(14-3-5-15(24)6-4-14)22(27)17-8-7-16(11-19(17)31-13)30-12-20(26)25-18(23(28)29)9-10-32-2/h3-8,11,18H,9-10,12H2,1-2H3,(H,25,26)(H,28,29). The van der Waals surface area contributed by atoms with Crippen LogP contribution in [0.3, 0.4) is 0 Å². The van der Waals surface area contributed by atoms with Gasteiger partial charge in [-0.1, -0.05) is 23.7 Å². The Morgan fingerprint density at radius 1 is 1.22 bits per heavy atom.